The highest BCUT2D eigenvalue weighted by atomic mass is 35.5. The number of aryl methyl sites for hydroxylation is 1. The zero-order chi connectivity index (χ0) is 15.8. The molecule has 0 spiro atoms. The number of hydrogen-bond donors (Lipinski definition) is 2. The van der Waals surface area contributed by atoms with Crippen molar-refractivity contribution in [1.82, 2.24) is 4.98 Å². The average Bonchev–Trinajstić information content (AvgIpc) is 2.84. The van der Waals surface area contributed by atoms with E-state index in [-0.39, 0.29) is 25.8 Å². The summed E-state index contributed by atoms with van der Waals surface area (Å²) in [5, 5.41) is 10.1. The zero-order valence-corrected chi connectivity index (χ0v) is 13.6. The van der Waals surface area contributed by atoms with Gasteiger partial charge in [-0.25, -0.2) is 18.2 Å². The minimum atomic E-state index is -3.95. The number of aromatic carboxylic acids is 1. The Kier molecular flexibility index (Phi) is 4.43. The molecule has 0 saturated heterocycles. The van der Waals surface area contributed by atoms with Gasteiger partial charge >= 0.3 is 5.97 Å². The first-order valence-corrected chi connectivity index (χ1v) is 8.50. The first-order chi connectivity index (χ1) is 9.70. The van der Waals surface area contributed by atoms with Gasteiger partial charge in [0.2, 0.25) is 0 Å². The van der Waals surface area contributed by atoms with Gasteiger partial charge in [-0.3, -0.25) is 4.72 Å². The van der Waals surface area contributed by atoms with Crippen LogP contribution < -0.4 is 4.72 Å². The number of thiophene rings is 1. The van der Waals surface area contributed by atoms with Crippen molar-refractivity contribution in [2.75, 3.05) is 4.72 Å². The van der Waals surface area contributed by atoms with Gasteiger partial charge in [-0.1, -0.05) is 23.2 Å². The third-order valence-electron chi connectivity index (χ3n) is 2.46. The van der Waals surface area contributed by atoms with E-state index in [9.17, 15) is 13.2 Å². The number of anilines is 1. The Morgan fingerprint density at radius 2 is 2.05 bits per heavy atom. The van der Waals surface area contributed by atoms with E-state index in [4.69, 9.17) is 28.3 Å². The van der Waals surface area contributed by atoms with Crippen LogP contribution in [0.4, 0.5) is 5.69 Å². The molecule has 112 valence electrons. The van der Waals surface area contributed by atoms with E-state index < -0.39 is 16.0 Å². The Balaban J connectivity index is 2.40. The fraction of sp³-hybridized carbons (Fsp3) is 0.0909. The lowest BCUT2D eigenvalue weighted by molar-refractivity contribution is 0.0697. The van der Waals surface area contributed by atoms with Gasteiger partial charge in [-0.2, -0.15) is 0 Å². The van der Waals surface area contributed by atoms with Crippen molar-refractivity contribution >= 4 is 56.2 Å². The van der Waals surface area contributed by atoms with Crippen LogP contribution in [0.3, 0.4) is 0 Å². The molecule has 0 unspecified atom stereocenters. The predicted octanol–water partition coefficient (Wildman–Crippen LogP) is 3.26. The number of sulfonamides is 1. The molecule has 21 heavy (non-hydrogen) atoms. The summed E-state index contributed by atoms with van der Waals surface area (Å²) in [5.74, 6) is -1.20. The van der Waals surface area contributed by atoms with Crippen molar-refractivity contribution in [3.8, 4) is 0 Å². The van der Waals surface area contributed by atoms with Crippen LogP contribution in [0.15, 0.2) is 21.7 Å². The van der Waals surface area contributed by atoms with Gasteiger partial charge in [0, 0.05) is 5.38 Å². The molecule has 2 rings (SSSR count). The number of nitrogens with one attached hydrogen (secondary N) is 1. The van der Waals surface area contributed by atoms with Crippen molar-refractivity contribution < 1.29 is 18.3 Å². The van der Waals surface area contributed by atoms with Crippen LogP contribution in [0.1, 0.15) is 15.9 Å². The number of carboxylic acid groups (broad SMARTS) is 1. The minimum Gasteiger partial charge on any atom is -0.478 e. The molecule has 0 saturated carbocycles. The summed E-state index contributed by atoms with van der Waals surface area (Å²) in [5.41, 5.74) is 0.502. The number of rotatable bonds is 4. The lowest BCUT2D eigenvalue weighted by Crippen LogP contribution is -2.13. The number of halogens is 2. The van der Waals surface area contributed by atoms with Crippen LogP contribution in [0, 0.1) is 6.92 Å². The van der Waals surface area contributed by atoms with Crippen molar-refractivity contribution in [3.05, 3.63) is 38.9 Å². The first kappa shape index (κ1) is 16.0. The average molecular weight is 367 g/mol. The molecule has 0 aliphatic rings. The molecular formula is C11H8Cl2N2O4S2. The van der Waals surface area contributed by atoms with Crippen molar-refractivity contribution in [2.45, 2.75) is 11.1 Å². The Labute approximate surface area is 134 Å². The number of carbonyl (C=O) groups is 1. The molecule has 6 nitrogen and oxygen atoms in total. The molecule has 2 heterocycles. The van der Waals surface area contributed by atoms with Crippen molar-refractivity contribution in [3.63, 3.8) is 0 Å². The van der Waals surface area contributed by atoms with Crippen LogP contribution in [0.25, 0.3) is 0 Å². The summed E-state index contributed by atoms with van der Waals surface area (Å²) in [7, 11) is -3.95. The summed E-state index contributed by atoms with van der Waals surface area (Å²) in [6.45, 7) is 1.62. The minimum absolute atomic E-state index is 0.0846. The Hall–Kier alpha value is -1.35. The maximum Gasteiger partial charge on any atom is 0.336 e. The van der Waals surface area contributed by atoms with Gasteiger partial charge in [0.05, 0.1) is 11.3 Å². The largest absolute Gasteiger partial charge is 0.478 e. The second-order valence-electron chi connectivity index (χ2n) is 3.99. The molecular weight excluding hydrogens is 359 g/mol. The molecule has 2 aromatic heterocycles. The standard InChI is InChI=1S/C11H8Cl2N2O4S2/c1-5-2-7(12)14-10(13)9(5)15-21(18,19)8-3-6(4-20-8)11(16)17/h2-4,15H,1H3,(H,16,17). The smallest absolute Gasteiger partial charge is 0.336 e. The SMILES string of the molecule is Cc1cc(Cl)nc(Cl)c1NS(=O)(=O)c1cc(C(=O)O)cs1. The number of nitrogens with zero attached hydrogens (tertiary/aromatic N) is 1. The molecule has 0 amide bonds. The molecule has 10 heteroatoms. The van der Waals surface area contributed by atoms with Crippen LogP contribution in [-0.2, 0) is 10.0 Å². The quantitative estimate of drug-likeness (QED) is 0.809. The molecule has 0 aliphatic carbocycles. The van der Waals surface area contributed by atoms with Crippen molar-refractivity contribution in [1.29, 1.82) is 0 Å². The van der Waals surface area contributed by atoms with Crippen LogP contribution in [0.5, 0.6) is 0 Å². The predicted molar refractivity (Wildman–Crippen MR) is 81.1 cm³/mol. The van der Waals surface area contributed by atoms with Gasteiger partial charge in [0.1, 0.15) is 9.36 Å². The summed E-state index contributed by atoms with van der Waals surface area (Å²) in [6, 6.07) is 2.53. The van der Waals surface area contributed by atoms with Crippen molar-refractivity contribution in [2.24, 2.45) is 0 Å². The molecule has 0 radical (unpaired) electrons. The lowest BCUT2D eigenvalue weighted by atomic mass is 10.3. The fourth-order valence-electron chi connectivity index (χ4n) is 1.47. The molecule has 2 N–H and O–H groups in total. The van der Waals surface area contributed by atoms with Crippen LogP contribution >= 0.6 is 34.5 Å². The monoisotopic (exact) mass is 366 g/mol. The molecule has 0 aliphatic heterocycles. The van der Waals surface area contributed by atoms with E-state index in [0.717, 1.165) is 17.4 Å². The lowest BCUT2D eigenvalue weighted by Gasteiger charge is -2.10. The highest BCUT2D eigenvalue weighted by molar-refractivity contribution is 7.94. The summed E-state index contributed by atoms with van der Waals surface area (Å²) in [4.78, 5) is 14.5. The highest BCUT2D eigenvalue weighted by Crippen LogP contribution is 2.30. The van der Waals surface area contributed by atoms with Gasteiger partial charge in [-0.15, -0.1) is 11.3 Å². The number of hydrogen-bond acceptors (Lipinski definition) is 5. The van der Waals surface area contributed by atoms with Gasteiger partial charge < -0.3 is 5.11 Å². The second-order valence-corrected chi connectivity index (χ2v) is 7.56. The highest BCUT2D eigenvalue weighted by Gasteiger charge is 2.21. The number of carboxylic acids is 1. The Morgan fingerprint density at radius 3 is 2.57 bits per heavy atom. The van der Waals surface area contributed by atoms with E-state index in [0.29, 0.717) is 5.56 Å². The first-order valence-electron chi connectivity index (χ1n) is 5.38. The zero-order valence-electron chi connectivity index (χ0n) is 10.4. The maximum absolute atomic E-state index is 12.2. The molecule has 0 fully saturated rings. The van der Waals surface area contributed by atoms with E-state index in [1.54, 1.807) is 6.92 Å². The molecule has 0 aromatic carbocycles. The Morgan fingerprint density at radius 1 is 1.38 bits per heavy atom. The molecule has 0 atom stereocenters. The molecule has 0 bridgehead atoms. The second kappa shape index (κ2) is 5.80. The molecule has 2 aromatic rings. The van der Waals surface area contributed by atoms with Gasteiger partial charge in [0.25, 0.3) is 10.0 Å². The maximum atomic E-state index is 12.2. The van der Waals surface area contributed by atoms with Crippen LogP contribution in [0.2, 0.25) is 10.3 Å². The summed E-state index contributed by atoms with van der Waals surface area (Å²) >= 11 is 12.4. The van der Waals surface area contributed by atoms with E-state index in [2.05, 4.69) is 9.71 Å². The van der Waals surface area contributed by atoms with E-state index in [1.165, 1.54) is 11.4 Å². The van der Waals surface area contributed by atoms with Gasteiger partial charge in [-0.05, 0) is 24.6 Å². The normalized spacial score (nSPS) is 11.4. The summed E-state index contributed by atoms with van der Waals surface area (Å²) < 4.78 is 26.6. The van der Waals surface area contributed by atoms with E-state index in [1.807, 2.05) is 0 Å². The summed E-state index contributed by atoms with van der Waals surface area (Å²) in [6.07, 6.45) is 0. The fourth-order valence-corrected chi connectivity index (χ4v) is 4.40. The topological polar surface area (TPSA) is 96.4 Å². The Bertz CT molecular complexity index is 794. The number of aromatic nitrogens is 1. The van der Waals surface area contributed by atoms with Gasteiger partial charge in [0.15, 0.2) is 5.15 Å². The van der Waals surface area contributed by atoms with Crippen LogP contribution in [-0.4, -0.2) is 24.5 Å². The van der Waals surface area contributed by atoms with E-state index >= 15 is 0 Å². The number of pyridine rings is 1. The third kappa shape index (κ3) is 3.46. The third-order valence-corrected chi connectivity index (χ3v) is 5.72.